The molecule has 4 nitrogen and oxygen atoms in total. The van der Waals surface area contributed by atoms with Crippen LogP contribution in [0.2, 0.25) is 0 Å². The van der Waals surface area contributed by atoms with Crippen LogP contribution in [-0.4, -0.2) is 22.2 Å². The van der Waals surface area contributed by atoms with E-state index in [1.165, 1.54) is 6.92 Å². The van der Waals surface area contributed by atoms with Crippen LogP contribution in [-0.2, 0) is 9.59 Å². The van der Waals surface area contributed by atoms with Gasteiger partial charge in [-0.25, -0.2) is 9.59 Å². The van der Waals surface area contributed by atoms with E-state index in [0.717, 1.165) is 5.56 Å². The molecule has 0 atom stereocenters. The van der Waals surface area contributed by atoms with Gasteiger partial charge in [-0.05, 0) is 24.0 Å². The summed E-state index contributed by atoms with van der Waals surface area (Å²) in [5.74, 6) is -2.31. The van der Waals surface area contributed by atoms with Gasteiger partial charge >= 0.3 is 11.9 Å². The number of carboxylic acid groups (broad SMARTS) is 2. The van der Waals surface area contributed by atoms with Crippen molar-refractivity contribution >= 4 is 17.5 Å². The van der Waals surface area contributed by atoms with Crippen molar-refractivity contribution in [1.29, 1.82) is 0 Å². The van der Waals surface area contributed by atoms with Crippen molar-refractivity contribution in [3.05, 3.63) is 41.0 Å². The van der Waals surface area contributed by atoms with E-state index in [1.54, 1.807) is 12.1 Å². The molecule has 96 valence electrons. The molecule has 18 heavy (non-hydrogen) atoms. The van der Waals surface area contributed by atoms with Crippen molar-refractivity contribution in [2.75, 3.05) is 0 Å². The monoisotopic (exact) mass is 248 g/mol. The van der Waals surface area contributed by atoms with Crippen LogP contribution in [0.3, 0.4) is 0 Å². The molecule has 0 fully saturated rings. The molecule has 0 aliphatic heterocycles. The number of hydrogen-bond acceptors (Lipinski definition) is 2. The molecule has 0 unspecified atom stereocenters. The molecule has 0 radical (unpaired) electrons. The van der Waals surface area contributed by atoms with Gasteiger partial charge in [0.2, 0.25) is 0 Å². The number of carboxylic acids is 2. The van der Waals surface area contributed by atoms with Crippen LogP contribution in [0.25, 0.3) is 5.57 Å². The Kier molecular flexibility index (Phi) is 4.26. The minimum Gasteiger partial charge on any atom is -0.478 e. The molecule has 1 aromatic rings. The van der Waals surface area contributed by atoms with Crippen LogP contribution < -0.4 is 0 Å². The Morgan fingerprint density at radius 2 is 1.61 bits per heavy atom. The molecule has 0 saturated carbocycles. The zero-order valence-corrected chi connectivity index (χ0v) is 10.6. The zero-order chi connectivity index (χ0) is 13.9. The lowest BCUT2D eigenvalue weighted by Gasteiger charge is -2.14. The first-order valence-electron chi connectivity index (χ1n) is 5.63. The number of aliphatic carboxylic acids is 2. The Morgan fingerprint density at radius 3 is 2.06 bits per heavy atom. The van der Waals surface area contributed by atoms with Crippen LogP contribution in [0.15, 0.2) is 29.8 Å². The van der Waals surface area contributed by atoms with Crippen LogP contribution in [0.4, 0.5) is 0 Å². The van der Waals surface area contributed by atoms with Gasteiger partial charge in [0.05, 0.1) is 5.57 Å². The first-order chi connectivity index (χ1) is 8.36. The zero-order valence-electron chi connectivity index (χ0n) is 10.6. The highest BCUT2D eigenvalue weighted by Crippen LogP contribution is 2.28. The molecule has 0 spiro atoms. The lowest BCUT2D eigenvalue weighted by atomic mass is 9.90. The minimum absolute atomic E-state index is 0.122. The fraction of sp³-hybridized carbons (Fsp3) is 0.286. The lowest BCUT2D eigenvalue weighted by molar-refractivity contribution is -0.134. The molecule has 4 heteroatoms. The van der Waals surface area contributed by atoms with E-state index >= 15 is 0 Å². The molecule has 1 aromatic carbocycles. The number of rotatable bonds is 4. The maximum Gasteiger partial charge on any atom is 0.336 e. The minimum atomic E-state index is -1.22. The van der Waals surface area contributed by atoms with Crippen LogP contribution in [0, 0.1) is 0 Å². The van der Waals surface area contributed by atoms with E-state index in [9.17, 15) is 14.7 Å². The summed E-state index contributed by atoms with van der Waals surface area (Å²) in [4.78, 5) is 22.3. The van der Waals surface area contributed by atoms with Gasteiger partial charge in [0.1, 0.15) is 0 Å². The number of hydrogen-bond donors (Lipinski definition) is 2. The van der Waals surface area contributed by atoms with Gasteiger partial charge in [-0.15, -0.1) is 0 Å². The predicted molar refractivity (Wildman–Crippen MR) is 68.4 cm³/mol. The van der Waals surface area contributed by atoms with Crippen molar-refractivity contribution < 1.29 is 19.8 Å². The first kappa shape index (κ1) is 14.0. The second-order valence-electron chi connectivity index (χ2n) is 4.35. The van der Waals surface area contributed by atoms with Crippen LogP contribution in [0.1, 0.15) is 37.8 Å². The normalized spacial score (nSPS) is 12.2. The Bertz CT molecular complexity index is 512. The highest BCUT2D eigenvalue weighted by atomic mass is 16.4. The Labute approximate surface area is 106 Å². The van der Waals surface area contributed by atoms with Crippen LogP contribution >= 0.6 is 0 Å². The smallest absolute Gasteiger partial charge is 0.336 e. The van der Waals surface area contributed by atoms with Crippen molar-refractivity contribution in [1.82, 2.24) is 0 Å². The molecule has 0 aromatic heterocycles. The fourth-order valence-electron chi connectivity index (χ4n) is 1.81. The number of benzene rings is 1. The summed E-state index contributed by atoms with van der Waals surface area (Å²) in [6, 6.07) is 6.98. The first-order valence-corrected chi connectivity index (χ1v) is 5.63. The maximum atomic E-state index is 11.3. The molecule has 0 aliphatic carbocycles. The summed E-state index contributed by atoms with van der Waals surface area (Å²) in [7, 11) is 0. The molecule has 0 saturated heterocycles. The molecule has 0 aliphatic rings. The third-order valence-electron chi connectivity index (χ3n) is 2.76. The molecule has 0 heterocycles. The van der Waals surface area contributed by atoms with E-state index in [-0.39, 0.29) is 17.1 Å². The molecule has 2 N–H and O–H groups in total. The van der Waals surface area contributed by atoms with E-state index in [2.05, 4.69) is 0 Å². The van der Waals surface area contributed by atoms with Crippen molar-refractivity contribution in [3.8, 4) is 0 Å². The largest absolute Gasteiger partial charge is 0.478 e. The summed E-state index contributed by atoms with van der Waals surface area (Å²) in [5, 5.41) is 18.2. The van der Waals surface area contributed by atoms with Crippen molar-refractivity contribution in [2.45, 2.75) is 26.7 Å². The maximum absolute atomic E-state index is 11.3. The van der Waals surface area contributed by atoms with Gasteiger partial charge in [0.25, 0.3) is 0 Å². The summed E-state index contributed by atoms with van der Waals surface area (Å²) in [5.41, 5.74) is 0.998. The second kappa shape index (κ2) is 5.49. The third-order valence-corrected chi connectivity index (χ3v) is 2.76. The van der Waals surface area contributed by atoms with Gasteiger partial charge in [-0.1, -0.05) is 38.1 Å². The average molecular weight is 248 g/mol. The highest BCUT2D eigenvalue weighted by Gasteiger charge is 2.21. The average Bonchev–Trinajstić information content (AvgIpc) is 2.28. The van der Waals surface area contributed by atoms with Crippen LogP contribution in [0.5, 0.6) is 0 Å². The summed E-state index contributed by atoms with van der Waals surface area (Å²) < 4.78 is 0. The molecular formula is C14H16O4. The van der Waals surface area contributed by atoms with Gasteiger partial charge in [0.15, 0.2) is 0 Å². The predicted octanol–water partition coefficient (Wildman–Crippen LogP) is 2.75. The fourth-order valence-corrected chi connectivity index (χ4v) is 1.81. The quantitative estimate of drug-likeness (QED) is 0.803. The number of carbonyl (C=O) groups is 2. The van der Waals surface area contributed by atoms with Crippen molar-refractivity contribution in [3.63, 3.8) is 0 Å². The van der Waals surface area contributed by atoms with Gasteiger partial charge < -0.3 is 10.2 Å². The standard InChI is InChI=1S/C14H16O4/c1-8(2)10-6-4-5-7-11(10)12(14(17)18)9(3)13(15)16/h4-8H,1-3H3,(H,15,16)(H,17,18)/b12-9-. The Hall–Kier alpha value is -2.10. The summed E-state index contributed by atoms with van der Waals surface area (Å²) >= 11 is 0. The van der Waals surface area contributed by atoms with E-state index < -0.39 is 11.9 Å². The lowest BCUT2D eigenvalue weighted by Crippen LogP contribution is -2.10. The summed E-state index contributed by atoms with van der Waals surface area (Å²) in [6.07, 6.45) is 0. The van der Waals surface area contributed by atoms with E-state index in [4.69, 9.17) is 5.11 Å². The van der Waals surface area contributed by atoms with Gasteiger partial charge in [0, 0.05) is 5.57 Å². The Morgan fingerprint density at radius 1 is 1.06 bits per heavy atom. The molecule has 0 bridgehead atoms. The highest BCUT2D eigenvalue weighted by molar-refractivity contribution is 6.21. The topological polar surface area (TPSA) is 74.6 Å². The van der Waals surface area contributed by atoms with E-state index in [1.807, 2.05) is 26.0 Å². The van der Waals surface area contributed by atoms with Gasteiger partial charge in [-0.3, -0.25) is 0 Å². The van der Waals surface area contributed by atoms with Crippen molar-refractivity contribution in [2.24, 2.45) is 0 Å². The second-order valence-corrected chi connectivity index (χ2v) is 4.35. The molecule has 0 amide bonds. The van der Waals surface area contributed by atoms with Gasteiger partial charge in [-0.2, -0.15) is 0 Å². The SMILES string of the molecule is C/C(C(=O)O)=C(/C(=O)O)c1ccccc1C(C)C. The molecular weight excluding hydrogens is 232 g/mol. The Balaban J connectivity index is 3.55. The third kappa shape index (κ3) is 2.77. The van der Waals surface area contributed by atoms with E-state index in [0.29, 0.717) is 5.56 Å². The molecule has 1 rings (SSSR count). The summed E-state index contributed by atoms with van der Waals surface area (Å²) in [6.45, 7) is 5.19.